The second kappa shape index (κ2) is 12.2. The molecular weight excluding hydrogens is 230 g/mol. The van der Waals surface area contributed by atoms with Crippen molar-refractivity contribution in [2.24, 2.45) is 5.92 Å². The Morgan fingerprint density at radius 2 is 1.42 bits per heavy atom. The van der Waals surface area contributed by atoms with Gasteiger partial charge in [0.25, 0.3) is 0 Å². The van der Waals surface area contributed by atoms with Crippen LogP contribution >= 0.6 is 0 Å². The highest BCUT2D eigenvalue weighted by atomic mass is 14.7. The Morgan fingerprint density at radius 1 is 0.947 bits per heavy atom. The van der Waals surface area contributed by atoms with Crippen LogP contribution in [0.15, 0.2) is 18.3 Å². The fourth-order valence-electron chi connectivity index (χ4n) is 1.40. The minimum absolute atomic E-state index is 0.531. The lowest BCUT2D eigenvalue weighted by atomic mass is 9.96. The Hall–Kier alpha value is -0.850. The van der Waals surface area contributed by atoms with Crippen LogP contribution in [0.25, 0.3) is 0 Å². The Kier molecular flexibility index (Phi) is 13.1. The zero-order chi connectivity index (χ0) is 15.4. The van der Waals surface area contributed by atoms with E-state index in [9.17, 15) is 0 Å². The van der Waals surface area contributed by atoms with Crippen LogP contribution in [0.4, 0.5) is 0 Å². The minimum atomic E-state index is 0.531. The van der Waals surface area contributed by atoms with E-state index in [1.807, 2.05) is 26.1 Å². The number of nitrogens with zero attached hydrogens (tertiary/aromatic N) is 1. The zero-order valence-corrected chi connectivity index (χ0v) is 14.6. The van der Waals surface area contributed by atoms with Gasteiger partial charge in [-0.05, 0) is 29.4 Å². The van der Waals surface area contributed by atoms with Gasteiger partial charge >= 0.3 is 0 Å². The average Bonchev–Trinajstić information content (AvgIpc) is 2.41. The molecule has 0 aliphatic heterocycles. The van der Waals surface area contributed by atoms with Gasteiger partial charge in [0, 0.05) is 11.9 Å². The summed E-state index contributed by atoms with van der Waals surface area (Å²) in [5.41, 5.74) is 2.63. The van der Waals surface area contributed by atoms with E-state index in [0.717, 1.165) is 5.92 Å². The number of rotatable bonds is 3. The van der Waals surface area contributed by atoms with Crippen LogP contribution in [0.2, 0.25) is 0 Å². The number of hydrogen-bond donors (Lipinski definition) is 0. The smallest absolute Gasteiger partial charge is 0.0463 e. The Labute approximate surface area is 121 Å². The summed E-state index contributed by atoms with van der Waals surface area (Å²) in [6.45, 7) is 19.4. The SMILES string of the molecule is CC.CC(C)c1cccnc1C(C)C.CCC(C)C. The monoisotopic (exact) mass is 265 g/mol. The summed E-state index contributed by atoms with van der Waals surface area (Å²) in [6.07, 6.45) is 3.18. The Morgan fingerprint density at radius 3 is 1.68 bits per heavy atom. The van der Waals surface area contributed by atoms with Gasteiger partial charge in [0.05, 0.1) is 0 Å². The van der Waals surface area contributed by atoms with Crippen LogP contribution in [0.1, 0.15) is 91.8 Å². The molecule has 0 radical (unpaired) electrons. The van der Waals surface area contributed by atoms with Crippen molar-refractivity contribution >= 4 is 0 Å². The van der Waals surface area contributed by atoms with Crippen LogP contribution in [-0.4, -0.2) is 4.98 Å². The molecule has 1 rings (SSSR count). The molecule has 0 bridgehead atoms. The lowest BCUT2D eigenvalue weighted by Crippen LogP contribution is -2.00. The summed E-state index contributed by atoms with van der Waals surface area (Å²) in [5.74, 6) is 2.00. The number of hydrogen-bond acceptors (Lipinski definition) is 1. The van der Waals surface area contributed by atoms with Crippen molar-refractivity contribution in [1.29, 1.82) is 0 Å². The lowest BCUT2D eigenvalue weighted by Gasteiger charge is -2.13. The van der Waals surface area contributed by atoms with E-state index in [2.05, 4.69) is 59.5 Å². The van der Waals surface area contributed by atoms with Gasteiger partial charge in [-0.2, -0.15) is 0 Å². The molecule has 0 saturated heterocycles. The molecule has 112 valence electrons. The third-order valence-electron chi connectivity index (χ3n) is 2.86. The maximum Gasteiger partial charge on any atom is 0.0463 e. The molecule has 0 aromatic carbocycles. The fraction of sp³-hybridized carbons (Fsp3) is 0.722. The van der Waals surface area contributed by atoms with Crippen molar-refractivity contribution in [1.82, 2.24) is 4.98 Å². The quantitative estimate of drug-likeness (QED) is 0.615. The molecule has 0 aliphatic carbocycles. The van der Waals surface area contributed by atoms with Gasteiger partial charge in [-0.3, -0.25) is 4.98 Å². The molecule has 0 aliphatic rings. The van der Waals surface area contributed by atoms with Gasteiger partial charge in [-0.25, -0.2) is 0 Å². The molecule has 1 heteroatoms. The van der Waals surface area contributed by atoms with E-state index in [1.54, 1.807) is 0 Å². The van der Waals surface area contributed by atoms with Crippen LogP contribution in [-0.2, 0) is 0 Å². The van der Waals surface area contributed by atoms with Crippen LogP contribution in [0, 0.1) is 5.92 Å². The third-order valence-corrected chi connectivity index (χ3v) is 2.86. The molecule has 1 aromatic rings. The molecule has 1 heterocycles. The van der Waals surface area contributed by atoms with Crippen molar-refractivity contribution in [2.75, 3.05) is 0 Å². The van der Waals surface area contributed by atoms with Crippen molar-refractivity contribution < 1.29 is 0 Å². The van der Waals surface area contributed by atoms with Crippen molar-refractivity contribution in [2.45, 2.75) is 80.6 Å². The molecule has 1 nitrogen and oxygen atoms in total. The zero-order valence-electron chi connectivity index (χ0n) is 14.6. The summed E-state index contributed by atoms with van der Waals surface area (Å²) >= 11 is 0. The molecule has 0 N–H and O–H groups in total. The molecule has 19 heavy (non-hydrogen) atoms. The van der Waals surface area contributed by atoms with Crippen LogP contribution in [0.3, 0.4) is 0 Å². The van der Waals surface area contributed by atoms with E-state index in [0.29, 0.717) is 11.8 Å². The summed E-state index contributed by atoms with van der Waals surface area (Å²) in [5, 5.41) is 0. The summed E-state index contributed by atoms with van der Waals surface area (Å²) in [7, 11) is 0. The van der Waals surface area contributed by atoms with Gasteiger partial charge in [0.1, 0.15) is 0 Å². The third kappa shape index (κ3) is 9.69. The van der Waals surface area contributed by atoms with E-state index in [-0.39, 0.29) is 0 Å². The molecule has 0 unspecified atom stereocenters. The predicted octanol–water partition coefficient (Wildman–Crippen LogP) is 6.41. The first-order chi connectivity index (χ1) is 8.90. The second-order valence-corrected chi connectivity index (χ2v) is 5.59. The molecule has 0 fully saturated rings. The first-order valence-corrected chi connectivity index (χ1v) is 7.84. The molecule has 1 aromatic heterocycles. The highest BCUT2D eigenvalue weighted by Gasteiger charge is 2.09. The number of aromatic nitrogens is 1. The van der Waals surface area contributed by atoms with Crippen molar-refractivity contribution in [3.8, 4) is 0 Å². The average molecular weight is 265 g/mol. The summed E-state index contributed by atoms with van der Waals surface area (Å²) in [4.78, 5) is 4.40. The normalized spacial score (nSPS) is 9.89. The van der Waals surface area contributed by atoms with Gasteiger partial charge in [-0.1, -0.05) is 74.8 Å². The first-order valence-electron chi connectivity index (χ1n) is 7.84. The van der Waals surface area contributed by atoms with Gasteiger partial charge < -0.3 is 0 Å². The van der Waals surface area contributed by atoms with E-state index in [1.165, 1.54) is 17.7 Å². The highest BCUT2D eigenvalue weighted by molar-refractivity contribution is 5.25. The molecule has 0 spiro atoms. The lowest BCUT2D eigenvalue weighted by molar-refractivity contribution is 0.626. The van der Waals surface area contributed by atoms with E-state index < -0.39 is 0 Å². The van der Waals surface area contributed by atoms with Gasteiger partial charge in [0.2, 0.25) is 0 Å². The highest BCUT2D eigenvalue weighted by Crippen LogP contribution is 2.23. The van der Waals surface area contributed by atoms with Crippen molar-refractivity contribution in [3.05, 3.63) is 29.6 Å². The van der Waals surface area contributed by atoms with E-state index >= 15 is 0 Å². The largest absolute Gasteiger partial charge is 0.261 e. The fourth-order valence-corrected chi connectivity index (χ4v) is 1.40. The predicted molar refractivity (Wildman–Crippen MR) is 88.9 cm³/mol. The second-order valence-electron chi connectivity index (χ2n) is 5.59. The van der Waals surface area contributed by atoms with E-state index in [4.69, 9.17) is 0 Å². The molecule has 0 saturated carbocycles. The molecular formula is C18H35N. The number of pyridine rings is 1. The summed E-state index contributed by atoms with van der Waals surface area (Å²) < 4.78 is 0. The molecule has 0 atom stereocenters. The van der Waals surface area contributed by atoms with Gasteiger partial charge in [-0.15, -0.1) is 0 Å². The Balaban J connectivity index is 0. The maximum absolute atomic E-state index is 4.40. The molecule has 0 amide bonds. The minimum Gasteiger partial charge on any atom is -0.261 e. The Bertz CT molecular complexity index is 273. The van der Waals surface area contributed by atoms with Gasteiger partial charge in [0.15, 0.2) is 0 Å². The first kappa shape index (κ1) is 20.5. The van der Waals surface area contributed by atoms with Crippen molar-refractivity contribution in [3.63, 3.8) is 0 Å². The topological polar surface area (TPSA) is 12.9 Å². The standard InChI is InChI=1S/C11H17N.C5H12.C2H6/c1-8(2)10-6-5-7-12-11(10)9(3)4;1-4-5(2)3;1-2/h5-9H,1-4H3;5H,4H2,1-3H3;1-2H3. The van der Waals surface area contributed by atoms with Crippen LogP contribution < -0.4 is 0 Å². The maximum atomic E-state index is 4.40. The van der Waals surface area contributed by atoms with Crippen LogP contribution in [0.5, 0.6) is 0 Å². The summed E-state index contributed by atoms with van der Waals surface area (Å²) in [6, 6.07) is 4.19.